The van der Waals surface area contributed by atoms with Gasteiger partial charge in [-0.15, -0.1) is 11.3 Å². The molecule has 9 nitrogen and oxygen atoms in total. The summed E-state index contributed by atoms with van der Waals surface area (Å²) in [6, 6.07) is 4.80. The SMILES string of the molecule is Cn1c2nc(CC(N)=CC=N)sc2c2cnn(Cc3cccc(=O)[nH]3)c(=O)c21. The highest BCUT2D eigenvalue weighted by atomic mass is 32.1. The summed E-state index contributed by atoms with van der Waals surface area (Å²) < 4.78 is 3.96. The van der Waals surface area contributed by atoms with E-state index in [2.05, 4.69) is 15.1 Å². The molecule has 0 saturated heterocycles. The fourth-order valence-corrected chi connectivity index (χ4v) is 4.25. The molecule has 28 heavy (non-hydrogen) atoms. The van der Waals surface area contributed by atoms with Crippen molar-refractivity contribution in [2.24, 2.45) is 12.8 Å². The van der Waals surface area contributed by atoms with Crippen molar-refractivity contribution in [3.8, 4) is 0 Å². The number of aromatic amines is 1. The Bertz CT molecular complexity index is 1360. The molecule has 0 aliphatic carbocycles. The van der Waals surface area contributed by atoms with Crippen LogP contribution in [0.15, 0.2) is 45.8 Å². The number of nitrogens with one attached hydrogen (secondary N) is 2. The Morgan fingerprint density at radius 2 is 2.21 bits per heavy atom. The summed E-state index contributed by atoms with van der Waals surface area (Å²) in [4.78, 5) is 31.7. The lowest BCUT2D eigenvalue weighted by Crippen LogP contribution is -2.25. The average Bonchev–Trinajstić information content (AvgIpc) is 3.16. The summed E-state index contributed by atoms with van der Waals surface area (Å²) in [5, 5.41) is 12.9. The maximum Gasteiger partial charge on any atom is 0.291 e. The zero-order valence-corrected chi connectivity index (χ0v) is 15.8. The van der Waals surface area contributed by atoms with Crippen LogP contribution in [0, 0.1) is 5.41 Å². The van der Waals surface area contributed by atoms with Gasteiger partial charge in [0.2, 0.25) is 5.56 Å². The predicted molar refractivity (Wildman–Crippen MR) is 109 cm³/mol. The molecule has 0 amide bonds. The van der Waals surface area contributed by atoms with E-state index < -0.39 is 0 Å². The second-order valence-electron chi connectivity index (χ2n) is 6.31. The van der Waals surface area contributed by atoms with Crippen molar-refractivity contribution in [2.75, 3.05) is 0 Å². The molecule has 4 rings (SSSR count). The molecule has 0 unspecified atom stereocenters. The van der Waals surface area contributed by atoms with E-state index >= 15 is 0 Å². The molecule has 4 aromatic rings. The quantitative estimate of drug-likeness (QED) is 0.435. The van der Waals surface area contributed by atoms with Gasteiger partial charge in [-0.1, -0.05) is 6.07 Å². The molecule has 0 bridgehead atoms. The number of rotatable bonds is 5. The average molecular weight is 395 g/mol. The summed E-state index contributed by atoms with van der Waals surface area (Å²) in [6.07, 6.45) is 4.77. The van der Waals surface area contributed by atoms with Gasteiger partial charge in [0.05, 0.1) is 17.4 Å². The van der Waals surface area contributed by atoms with Gasteiger partial charge >= 0.3 is 0 Å². The summed E-state index contributed by atoms with van der Waals surface area (Å²) in [5.41, 5.74) is 7.75. The van der Waals surface area contributed by atoms with Gasteiger partial charge in [0.15, 0.2) is 5.65 Å². The molecule has 0 radical (unpaired) electrons. The van der Waals surface area contributed by atoms with Gasteiger partial charge in [0, 0.05) is 42.5 Å². The van der Waals surface area contributed by atoms with Crippen LogP contribution in [-0.4, -0.2) is 30.5 Å². The molecule has 10 heteroatoms. The van der Waals surface area contributed by atoms with Crippen molar-refractivity contribution in [1.82, 2.24) is 24.3 Å². The van der Waals surface area contributed by atoms with E-state index in [4.69, 9.17) is 11.1 Å². The van der Waals surface area contributed by atoms with Crippen molar-refractivity contribution in [3.05, 3.63) is 67.6 Å². The number of aromatic nitrogens is 5. The molecule has 4 aromatic heterocycles. The van der Waals surface area contributed by atoms with Crippen LogP contribution in [0.5, 0.6) is 0 Å². The first-order valence-electron chi connectivity index (χ1n) is 8.45. The molecule has 0 aromatic carbocycles. The molecular weight excluding hydrogens is 378 g/mol. The minimum Gasteiger partial charge on any atom is -0.402 e. The molecular formula is C18H17N7O2S. The first kappa shape index (κ1) is 17.9. The Kier molecular flexibility index (Phi) is 4.40. The van der Waals surface area contributed by atoms with Gasteiger partial charge in [-0.2, -0.15) is 5.10 Å². The van der Waals surface area contributed by atoms with E-state index in [-0.39, 0.29) is 17.7 Å². The lowest BCUT2D eigenvalue weighted by atomic mass is 10.3. The fraction of sp³-hybridized carbons (Fsp3) is 0.167. The molecule has 4 N–H and O–H groups in total. The zero-order chi connectivity index (χ0) is 19.8. The minimum absolute atomic E-state index is 0.174. The summed E-state index contributed by atoms with van der Waals surface area (Å²) >= 11 is 1.46. The van der Waals surface area contributed by atoms with E-state index in [1.54, 1.807) is 29.9 Å². The van der Waals surface area contributed by atoms with Gasteiger partial charge in [-0.05, 0) is 12.1 Å². The lowest BCUT2D eigenvalue weighted by molar-refractivity contribution is 0.631. The Labute approximate surface area is 162 Å². The van der Waals surface area contributed by atoms with Gasteiger partial charge < -0.3 is 20.7 Å². The lowest BCUT2D eigenvalue weighted by Gasteiger charge is -2.05. The van der Waals surface area contributed by atoms with Crippen LogP contribution in [0.4, 0.5) is 0 Å². The molecule has 0 aliphatic rings. The Morgan fingerprint density at radius 3 is 2.96 bits per heavy atom. The van der Waals surface area contributed by atoms with Crippen molar-refractivity contribution in [2.45, 2.75) is 13.0 Å². The number of nitrogens with two attached hydrogens (primary N) is 1. The number of allylic oxidation sites excluding steroid dienone is 2. The Morgan fingerprint density at radius 1 is 1.39 bits per heavy atom. The van der Waals surface area contributed by atoms with Gasteiger partial charge in [-0.3, -0.25) is 9.59 Å². The molecule has 0 atom stereocenters. The number of nitrogens with zero attached hydrogens (tertiary/aromatic N) is 4. The van der Waals surface area contributed by atoms with Gasteiger partial charge in [0.1, 0.15) is 10.5 Å². The molecule has 0 fully saturated rings. The molecule has 0 spiro atoms. The number of H-pyrrole nitrogens is 1. The number of thiazole rings is 1. The summed E-state index contributed by atoms with van der Waals surface area (Å²) in [5.74, 6) is 0. The first-order chi connectivity index (χ1) is 13.5. The van der Waals surface area contributed by atoms with Crippen molar-refractivity contribution in [1.29, 1.82) is 5.41 Å². The molecule has 0 aliphatic heterocycles. The third-order valence-electron chi connectivity index (χ3n) is 4.37. The second kappa shape index (κ2) is 6.89. The van der Waals surface area contributed by atoms with Crippen LogP contribution < -0.4 is 16.9 Å². The van der Waals surface area contributed by atoms with E-state index in [0.717, 1.165) is 21.3 Å². The number of hydrogen-bond acceptors (Lipinski definition) is 7. The third kappa shape index (κ3) is 3.03. The summed E-state index contributed by atoms with van der Waals surface area (Å²) in [6.45, 7) is 0.174. The van der Waals surface area contributed by atoms with E-state index in [0.29, 0.717) is 29.0 Å². The topological polar surface area (TPSA) is 135 Å². The number of fused-ring (bicyclic) bond motifs is 3. The number of pyridine rings is 1. The third-order valence-corrected chi connectivity index (χ3v) is 5.45. The Balaban J connectivity index is 1.79. The largest absolute Gasteiger partial charge is 0.402 e. The minimum atomic E-state index is -0.250. The highest BCUT2D eigenvalue weighted by Crippen LogP contribution is 2.31. The van der Waals surface area contributed by atoms with Gasteiger partial charge in [-0.25, -0.2) is 9.67 Å². The first-order valence-corrected chi connectivity index (χ1v) is 9.27. The number of aryl methyl sites for hydroxylation is 1. The molecule has 4 heterocycles. The van der Waals surface area contributed by atoms with Crippen LogP contribution in [-0.2, 0) is 20.0 Å². The van der Waals surface area contributed by atoms with Crippen LogP contribution in [0.25, 0.3) is 21.3 Å². The highest BCUT2D eigenvalue weighted by molar-refractivity contribution is 7.19. The highest BCUT2D eigenvalue weighted by Gasteiger charge is 2.18. The maximum atomic E-state index is 13.0. The predicted octanol–water partition coefficient (Wildman–Crippen LogP) is 1.12. The van der Waals surface area contributed by atoms with Crippen molar-refractivity contribution < 1.29 is 0 Å². The fourth-order valence-electron chi connectivity index (χ4n) is 3.11. The molecule has 0 saturated carbocycles. The van der Waals surface area contributed by atoms with E-state index in [9.17, 15) is 9.59 Å². The smallest absolute Gasteiger partial charge is 0.291 e. The second-order valence-corrected chi connectivity index (χ2v) is 7.40. The van der Waals surface area contributed by atoms with Crippen molar-refractivity contribution >= 4 is 38.8 Å². The standard InChI is InChI=1S/C18H17N7O2S/c1-24-15-12(16-17(24)23-14(28-16)7-10(20)5-6-19)8-21-25(18(15)27)9-11-3-2-4-13(26)22-11/h2-6,8,19H,7,9,20H2,1H3,(H,22,26). The van der Waals surface area contributed by atoms with Gasteiger partial charge in [0.25, 0.3) is 5.56 Å². The Hall–Kier alpha value is -3.53. The molecule has 142 valence electrons. The normalized spacial score (nSPS) is 12.1. The number of hydrogen-bond donors (Lipinski definition) is 3. The van der Waals surface area contributed by atoms with Crippen LogP contribution in [0.2, 0.25) is 0 Å². The van der Waals surface area contributed by atoms with Crippen LogP contribution in [0.3, 0.4) is 0 Å². The maximum absolute atomic E-state index is 13.0. The van der Waals surface area contributed by atoms with Crippen LogP contribution in [0.1, 0.15) is 10.7 Å². The zero-order valence-electron chi connectivity index (χ0n) is 15.0. The van der Waals surface area contributed by atoms with E-state index in [1.165, 1.54) is 28.2 Å². The van der Waals surface area contributed by atoms with Crippen molar-refractivity contribution in [3.63, 3.8) is 0 Å². The monoisotopic (exact) mass is 395 g/mol. The van der Waals surface area contributed by atoms with Crippen LogP contribution >= 0.6 is 11.3 Å². The van der Waals surface area contributed by atoms with E-state index in [1.807, 2.05) is 0 Å². The summed E-state index contributed by atoms with van der Waals surface area (Å²) in [7, 11) is 1.79.